The Hall–Kier alpha value is -3.56. The number of nitrogens with one attached hydrogen (secondary N) is 2. The number of primary amides is 1. The van der Waals surface area contributed by atoms with Crippen LogP contribution in [0.4, 0.5) is 26.0 Å². The van der Waals surface area contributed by atoms with Gasteiger partial charge in [0.2, 0.25) is 0 Å². The maximum Gasteiger partial charge on any atom is 0.271 e. The van der Waals surface area contributed by atoms with Crippen molar-refractivity contribution in [2.45, 2.75) is 20.0 Å². The van der Waals surface area contributed by atoms with E-state index in [0.717, 1.165) is 6.07 Å². The van der Waals surface area contributed by atoms with Gasteiger partial charge in [0.1, 0.15) is 0 Å². The molecule has 3 aromatic rings. The van der Waals surface area contributed by atoms with Gasteiger partial charge in [0.05, 0.1) is 17.6 Å². The third kappa shape index (κ3) is 4.17. The van der Waals surface area contributed by atoms with Crippen molar-refractivity contribution in [2.75, 3.05) is 10.6 Å². The van der Waals surface area contributed by atoms with Crippen molar-refractivity contribution in [3.05, 3.63) is 59.6 Å². The van der Waals surface area contributed by atoms with Crippen molar-refractivity contribution >= 4 is 23.1 Å². The fourth-order valence-corrected chi connectivity index (χ4v) is 2.39. The van der Waals surface area contributed by atoms with Crippen LogP contribution in [-0.2, 0) is 13.1 Å². The number of nitrogens with zero attached hydrogens (tertiary/aromatic N) is 4. The van der Waals surface area contributed by atoms with Crippen LogP contribution in [0.2, 0.25) is 0 Å². The zero-order valence-corrected chi connectivity index (χ0v) is 14.4. The summed E-state index contributed by atoms with van der Waals surface area (Å²) in [6.07, 6.45) is 3.39. The number of aryl methyl sites for hydroxylation is 1. The molecule has 0 spiro atoms. The summed E-state index contributed by atoms with van der Waals surface area (Å²) in [5.74, 6) is -2.38. The first-order chi connectivity index (χ1) is 13.0. The lowest BCUT2D eigenvalue weighted by Crippen LogP contribution is -2.18. The standard InChI is InChI=1S/C17H17F2N7O/c1-2-26-9-11(8-22-26)23-14-6-13(16(17(20)27)25-24-14)21-7-10-4-3-5-12(18)15(10)19/h3-6,8-9H,2,7H2,1H3,(H2,20,27)(H2,21,23,24). The fourth-order valence-electron chi connectivity index (χ4n) is 2.39. The molecule has 8 nitrogen and oxygen atoms in total. The second kappa shape index (κ2) is 7.77. The van der Waals surface area contributed by atoms with E-state index in [-0.39, 0.29) is 23.5 Å². The summed E-state index contributed by atoms with van der Waals surface area (Å²) in [5, 5.41) is 17.7. The van der Waals surface area contributed by atoms with Crippen LogP contribution < -0.4 is 16.4 Å². The van der Waals surface area contributed by atoms with Crippen molar-refractivity contribution in [3.8, 4) is 0 Å². The van der Waals surface area contributed by atoms with Crippen LogP contribution in [-0.4, -0.2) is 25.9 Å². The van der Waals surface area contributed by atoms with Gasteiger partial charge in [-0.25, -0.2) is 8.78 Å². The van der Waals surface area contributed by atoms with Crippen LogP contribution in [0.1, 0.15) is 23.0 Å². The van der Waals surface area contributed by atoms with Gasteiger partial charge in [-0.05, 0) is 13.0 Å². The van der Waals surface area contributed by atoms with E-state index in [1.54, 1.807) is 17.1 Å². The summed E-state index contributed by atoms with van der Waals surface area (Å²) in [6, 6.07) is 5.36. The Morgan fingerprint density at radius 3 is 2.81 bits per heavy atom. The van der Waals surface area contributed by atoms with Crippen molar-refractivity contribution < 1.29 is 13.6 Å². The topological polar surface area (TPSA) is 111 Å². The van der Waals surface area contributed by atoms with Crippen LogP contribution in [0.3, 0.4) is 0 Å². The maximum absolute atomic E-state index is 13.8. The highest BCUT2D eigenvalue weighted by Crippen LogP contribution is 2.21. The molecule has 10 heteroatoms. The highest BCUT2D eigenvalue weighted by Gasteiger charge is 2.14. The second-order valence-corrected chi connectivity index (χ2v) is 5.63. The molecule has 0 aliphatic rings. The van der Waals surface area contributed by atoms with E-state index >= 15 is 0 Å². The highest BCUT2D eigenvalue weighted by molar-refractivity contribution is 5.96. The smallest absolute Gasteiger partial charge is 0.271 e. The minimum Gasteiger partial charge on any atom is -0.379 e. The predicted octanol–water partition coefficient (Wildman–Crippen LogP) is 2.43. The SMILES string of the molecule is CCn1cc(Nc2cc(NCc3cccc(F)c3F)c(C(N)=O)nn2)cn1. The average molecular weight is 373 g/mol. The summed E-state index contributed by atoms with van der Waals surface area (Å²) in [7, 11) is 0. The Labute approximate surface area is 153 Å². The molecule has 27 heavy (non-hydrogen) atoms. The first kappa shape index (κ1) is 18.2. The minimum absolute atomic E-state index is 0.0667. The molecule has 140 valence electrons. The van der Waals surface area contributed by atoms with Crippen LogP contribution >= 0.6 is 0 Å². The van der Waals surface area contributed by atoms with Crippen LogP contribution in [0.25, 0.3) is 0 Å². The molecule has 2 aromatic heterocycles. The average Bonchev–Trinajstić information content (AvgIpc) is 3.10. The predicted molar refractivity (Wildman–Crippen MR) is 95.4 cm³/mol. The van der Waals surface area contributed by atoms with Crippen LogP contribution in [0.15, 0.2) is 36.7 Å². The summed E-state index contributed by atoms with van der Waals surface area (Å²) in [4.78, 5) is 11.6. The van der Waals surface area contributed by atoms with Crippen molar-refractivity contribution in [1.29, 1.82) is 0 Å². The lowest BCUT2D eigenvalue weighted by Gasteiger charge is -2.11. The molecule has 4 N–H and O–H groups in total. The molecule has 3 rings (SSSR count). The largest absolute Gasteiger partial charge is 0.379 e. The number of nitrogens with two attached hydrogens (primary N) is 1. The number of amides is 1. The Kier molecular flexibility index (Phi) is 5.25. The first-order valence-electron chi connectivity index (χ1n) is 8.11. The van der Waals surface area contributed by atoms with Gasteiger partial charge >= 0.3 is 0 Å². The van der Waals surface area contributed by atoms with Gasteiger partial charge in [-0.2, -0.15) is 5.10 Å². The lowest BCUT2D eigenvalue weighted by atomic mass is 10.2. The van der Waals surface area contributed by atoms with Crippen molar-refractivity contribution in [1.82, 2.24) is 20.0 Å². The van der Waals surface area contributed by atoms with E-state index in [4.69, 9.17) is 5.73 Å². The third-order valence-electron chi connectivity index (χ3n) is 3.76. The van der Waals surface area contributed by atoms with E-state index in [0.29, 0.717) is 18.1 Å². The zero-order chi connectivity index (χ0) is 19.4. The number of anilines is 3. The molecule has 0 atom stereocenters. The number of hydrogen-bond donors (Lipinski definition) is 3. The normalized spacial score (nSPS) is 10.6. The van der Waals surface area contributed by atoms with Gasteiger partial charge in [0.15, 0.2) is 23.1 Å². The van der Waals surface area contributed by atoms with Gasteiger partial charge in [-0.3, -0.25) is 9.48 Å². The molecule has 1 amide bonds. The third-order valence-corrected chi connectivity index (χ3v) is 3.76. The molecule has 0 radical (unpaired) electrons. The van der Waals surface area contributed by atoms with Crippen LogP contribution in [0.5, 0.6) is 0 Å². The molecule has 1 aromatic carbocycles. The zero-order valence-electron chi connectivity index (χ0n) is 14.4. The highest BCUT2D eigenvalue weighted by atomic mass is 19.2. The number of hydrogen-bond acceptors (Lipinski definition) is 6. The van der Waals surface area contributed by atoms with Gasteiger partial charge < -0.3 is 16.4 Å². The van der Waals surface area contributed by atoms with Gasteiger partial charge in [-0.15, -0.1) is 10.2 Å². The van der Waals surface area contributed by atoms with Gasteiger partial charge in [0.25, 0.3) is 5.91 Å². The van der Waals surface area contributed by atoms with Gasteiger partial charge in [-0.1, -0.05) is 12.1 Å². The lowest BCUT2D eigenvalue weighted by molar-refractivity contribution is 0.0995. The number of aromatic nitrogens is 4. The quantitative estimate of drug-likeness (QED) is 0.587. The van der Waals surface area contributed by atoms with Crippen LogP contribution in [0, 0.1) is 11.6 Å². The molecular formula is C17H17F2N7O. The molecule has 0 aliphatic heterocycles. The molecule has 0 unspecified atom stereocenters. The van der Waals surface area contributed by atoms with E-state index in [1.807, 2.05) is 6.92 Å². The van der Waals surface area contributed by atoms with E-state index < -0.39 is 17.5 Å². The molecule has 0 bridgehead atoms. The van der Waals surface area contributed by atoms with E-state index in [1.165, 1.54) is 18.2 Å². The van der Waals surface area contributed by atoms with E-state index in [2.05, 4.69) is 25.9 Å². The number of benzene rings is 1. The number of rotatable bonds is 7. The van der Waals surface area contributed by atoms with Crippen molar-refractivity contribution in [2.24, 2.45) is 5.73 Å². The summed E-state index contributed by atoms with van der Waals surface area (Å²) < 4.78 is 28.9. The molecule has 0 saturated heterocycles. The number of carbonyl (C=O) groups is 1. The summed E-state index contributed by atoms with van der Waals surface area (Å²) in [6.45, 7) is 2.59. The first-order valence-corrected chi connectivity index (χ1v) is 8.11. The molecule has 0 aliphatic carbocycles. The Balaban J connectivity index is 1.83. The van der Waals surface area contributed by atoms with Gasteiger partial charge in [0, 0.05) is 30.9 Å². The maximum atomic E-state index is 13.8. The molecular weight excluding hydrogens is 356 g/mol. The monoisotopic (exact) mass is 373 g/mol. The minimum atomic E-state index is -0.960. The molecule has 0 fully saturated rings. The molecule has 2 heterocycles. The second-order valence-electron chi connectivity index (χ2n) is 5.63. The van der Waals surface area contributed by atoms with E-state index in [9.17, 15) is 13.6 Å². The number of halogens is 2. The number of carbonyl (C=O) groups excluding carboxylic acids is 1. The molecule has 0 saturated carbocycles. The Morgan fingerprint density at radius 2 is 2.11 bits per heavy atom. The fraction of sp³-hybridized carbons (Fsp3) is 0.176. The Morgan fingerprint density at radius 1 is 1.30 bits per heavy atom. The Bertz CT molecular complexity index is 974. The van der Waals surface area contributed by atoms with Crippen molar-refractivity contribution in [3.63, 3.8) is 0 Å². The summed E-state index contributed by atoms with van der Waals surface area (Å²) in [5.41, 5.74) is 6.22. The summed E-state index contributed by atoms with van der Waals surface area (Å²) >= 11 is 0.